The fourth-order valence-electron chi connectivity index (χ4n) is 1.92. The third kappa shape index (κ3) is 4.67. The molecule has 0 saturated heterocycles. The molecule has 0 radical (unpaired) electrons. The van der Waals surface area contributed by atoms with Crippen molar-refractivity contribution in [3.8, 4) is 0 Å². The van der Waals surface area contributed by atoms with Gasteiger partial charge in [0, 0.05) is 44.6 Å². The van der Waals surface area contributed by atoms with Crippen LogP contribution in [0.3, 0.4) is 0 Å². The van der Waals surface area contributed by atoms with Gasteiger partial charge < -0.3 is 15.0 Å². The molecule has 1 aromatic heterocycles. The van der Waals surface area contributed by atoms with Gasteiger partial charge in [-0.05, 0) is 6.07 Å². The van der Waals surface area contributed by atoms with Crippen molar-refractivity contribution in [2.45, 2.75) is 31.3 Å². The molecule has 0 bridgehead atoms. The first-order chi connectivity index (χ1) is 9.82. The minimum atomic E-state index is -3.61. The maximum absolute atomic E-state index is 12.5. The highest BCUT2D eigenvalue weighted by Crippen LogP contribution is 2.18. The van der Waals surface area contributed by atoms with Crippen LogP contribution in [0.4, 0.5) is 0 Å². The van der Waals surface area contributed by atoms with Crippen molar-refractivity contribution in [1.82, 2.24) is 14.2 Å². The van der Waals surface area contributed by atoms with Crippen LogP contribution >= 0.6 is 0 Å². The summed E-state index contributed by atoms with van der Waals surface area (Å²) in [5.41, 5.74) is 0.893. The van der Waals surface area contributed by atoms with Gasteiger partial charge in [-0.1, -0.05) is 19.9 Å². The minimum Gasteiger partial charge on any atom is -0.395 e. The zero-order valence-electron chi connectivity index (χ0n) is 12.9. The Kier molecular flexibility index (Phi) is 6.60. The number of hydrogen-bond acceptors (Lipinski definition) is 4. The van der Waals surface area contributed by atoms with Crippen LogP contribution in [-0.4, -0.2) is 48.1 Å². The van der Waals surface area contributed by atoms with E-state index in [-0.39, 0.29) is 24.6 Å². The molecule has 0 atom stereocenters. The molecule has 0 spiro atoms. The van der Waals surface area contributed by atoms with E-state index in [1.54, 1.807) is 16.8 Å². The molecule has 21 heavy (non-hydrogen) atoms. The third-order valence-corrected chi connectivity index (χ3v) is 4.92. The van der Waals surface area contributed by atoms with Gasteiger partial charge >= 0.3 is 0 Å². The number of sulfonamides is 1. The van der Waals surface area contributed by atoms with Crippen LogP contribution in [0.1, 0.15) is 19.5 Å². The van der Waals surface area contributed by atoms with E-state index in [2.05, 4.69) is 11.9 Å². The van der Waals surface area contributed by atoms with E-state index in [1.165, 1.54) is 10.4 Å². The molecular formula is C14H25N3O3S. The SMILES string of the molecule is C=CCN(CCO)S(=O)(=O)c1cc(CNC(C)C)n(C)c1. The summed E-state index contributed by atoms with van der Waals surface area (Å²) in [4.78, 5) is 0.237. The summed E-state index contributed by atoms with van der Waals surface area (Å²) in [6, 6.07) is 1.99. The second kappa shape index (κ2) is 7.74. The molecule has 2 N–H and O–H groups in total. The predicted octanol–water partition coefficient (Wildman–Crippen LogP) is 0.692. The van der Waals surface area contributed by atoms with E-state index >= 15 is 0 Å². The quantitative estimate of drug-likeness (QED) is 0.658. The van der Waals surface area contributed by atoms with Crippen LogP contribution < -0.4 is 5.32 Å². The summed E-state index contributed by atoms with van der Waals surface area (Å²) in [7, 11) is -1.79. The lowest BCUT2D eigenvalue weighted by atomic mass is 10.3. The fourth-order valence-corrected chi connectivity index (χ4v) is 3.41. The first kappa shape index (κ1) is 17.9. The molecule has 7 heteroatoms. The van der Waals surface area contributed by atoms with Crippen molar-refractivity contribution in [3.63, 3.8) is 0 Å². The van der Waals surface area contributed by atoms with E-state index in [4.69, 9.17) is 5.11 Å². The zero-order chi connectivity index (χ0) is 16.0. The van der Waals surface area contributed by atoms with Crippen LogP contribution in [0, 0.1) is 0 Å². The third-order valence-electron chi connectivity index (χ3n) is 3.09. The average molecular weight is 315 g/mol. The summed E-state index contributed by atoms with van der Waals surface area (Å²) in [6.45, 7) is 8.25. The standard InChI is InChI=1S/C14H25N3O3S/c1-5-6-17(7-8-18)21(19,20)14-9-13(16(4)11-14)10-15-12(2)3/h5,9,11-12,15,18H,1,6-8,10H2,2-4H3. The van der Waals surface area contributed by atoms with E-state index in [9.17, 15) is 8.42 Å². The van der Waals surface area contributed by atoms with Crippen molar-refractivity contribution < 1.29 is 13.5 Å². The molecule has 0 aromatic carbocycles. The molecule has 0 aliphatic rings. The highest BCUT2D eigenvalue weighted by atomic mass is 32.2. The van der Waals surface area contributed by atoms with Gasteiger partial charge in [-0.25, -0.2) is 8.42 Å². The summed E-state index contributed by atoms with van der Waals surface area (Å²) >= 11 is 0. The molecule has 0 amide bonds. The summed E-state index contributed by atoms with van der Waals surface area (Å²) in [6.07, 6.45) is 3.11. The molecule has 0 aliphatic heterocycles. The number of nitrogens with one attached hydrogen (secondary N) is 1. The predicted molar refractivity (Wildman–Crippen MR) is 83.4 cm³/mol. The number of aromatic nitrogens is 1. The minimum absolute atomic E-state index is 0.0584. The van der Waals surface area contributed by atoms with Gasteiger partial charge in [0.1, 0.15) is 4.90 Å². The summed E-state index contributed by atoms with van der Waals surface area (Å²) < 4.78 is 28.1. The first-order valence-corrected chi connectivity index (χ1v) is 8.37. The first-order valence-electron chi connectivity index (χ1n) is 6.93. The number of rotatable bonds is 9. The smallest absolute Gasteiger partial charge is 0.244 e. The second-order valence-electron chi connectivity index (χ2n) is 5.19. The van der Waals surface area contributed by atoms with Crippen molar-refractivity contribution in [3.05, 3.63) is 30.6 Å². The van der Waals surface area contributed by atoms with Crippen LogP contribution in [0.15, 0.2) is 29.8 Å². The maximum atomic E-state index is 12.5. The van der Waals surface area contributed by atoms with Gasteiger partial charge in [0.15, 0.2) is 0 Å². The molecule has 1 aromatic rings. The number of hydrogen-bond donors (Lipinski definition) is 2. The Morgan fingerprint density at radius 2 is 2.19 bits per heavy atom. The second-order valence-corrected chi connectivity index (χ2v) is 7.13. The van der Waals surface area contributed by atoms with Crippen LogP contribution in [0.2, 0.25) is 0 Å². The summed E-state index contributed by atoms with van der Waals surface area (Å²) in [5.74, 6) is 0. The Hall–Kier alpha value is -1.15. The normalized spacial score (nSPS) is 12.3. The highest BCUT2D eigenvalue weighted by molar-refractivity contribution is 7.89. The van der Waals surface area contributed by atoms with Gasteiger partial charge in [-0.3, -0.25) is 0 Å². The van der Waals surface area contributed by atoms with E-state index in [0.717, 1.165) is 5.69 Å². The summed E-state index contributed by atoms with van der Waals surface area (Å²) in [5, 5.41) is 12.3. The molecule has 0 fully saturated rings. The lowest BCUT2D eigenvalue weighted by Gasteiger charge is -2.18. The molecule has 0 saturated carbocycles. The van der Waals surface area contributed by atoms with E-state index in [1.807, 2.05) is 20.9 Å². The van der Waals surface area contributed by atoms with Gasteiger partial charge in [0.05, 0.1) is 6.61 Å². The number of aliphatic hydroxyl groups excluding tert-OH is 1. The Morgan fingerprint density at radius 1 is 1.52 bits per heavy atom. The molecule has 120 valence electrons. The van der Waals surface area contributed by atoms with Crippen molar-refractivity contribution in [2.75, 3.05) is 19.7 Å². The zero-order valence-corrected chi connectivity index (χ0v) is 13.7. The number of aliphatic hydroxyl groups is 1. The molecular weight excluding hydrogens is 290 g/mol. The van der Waals surface area contributed by atoms with Gasteiger partial charge in [-0.2, -0.15) is 4.31 Å². The highest BCUT2D eigenvalue weighted by Gasteiger charge is 2.25. The van der Waals surface area contributed by atoms with Gasteiger partial charge in [-0.15, -0.1) is 6.58 Å². The fraction of sp³-hybridized carbons (Fsp3) is 0.571. The van der Waals surface area contributed by atoms with Crippen LogP contribution in [0.5, 0.6) is 0 Å². The van der Waals surface area contributed by atoms with Crippen LogP contribution in [0.25, 0.3) is 0 Å². The van der Waals surface area contributed by atoms with Crippen LogP contribution in [-0.2, 0) is 23.6 Å². The molecule has 0 aliphatic carbocycles. The molecule has 6 nitrogen and oxygen atoms in total. The molecule has 1 heterocycles. The largest absolute Gasteiger partial charge is 0.395 e. The van der Waals surface area contributed by atoms with Crippen molar-refractivity contribution in [2.24, 2.45) is 7.05 Å². The van der Waals surface area contributed by atoms with Gasteiger partial charge in [0.25, 0.3) is 0 Å². The van der Waals surface area contributed by atoms with Gasteiger partial charge in [0.2, 0.25) is 10.0 Å². The maximum Gasteiger partial charge on any atom is 0.244 e. The Morgan fingerprint density at radius 3 is 2.71 bits per heavy atom. The number of nitrogens with zero attached hydrogens (tertiary/aromatic N) is 2. The van der Waals surface area contributed by atoms with Crippen molar-refractivity contribution in [1.29, 1.82) is 0 Å². The lowest BCUT2D eigenvalue weighted by Crippen LogP contribution is -2.33. The molecule has 1 rings (SSSR count). The monoisotopic (exact) mass is 315 g/mol. The van der Waals surface area contributed by atoms with E-state index in [0.29, 0.717) is 12.6 Å². The van der Waals surface area contributed by atoms with E-state index < -0.39 is 10.0 Å². The van der Waals surface area contributed by atoms with Crippen molar-refractivity contribution >= 4 is 10.0 Å². The Labute approximate surface area is 127 Å². The lowest BCUT2D eigenvalue weighted by molar-refractivity contribution is 0.260. The molecule has 0 unspecified atom stereocenters. The number of aryl methyl sites for hydroxylation is 1. The topological polar surface area (TPSA) is 74.6 Å². The Balaban J connectivity index is 3.02. The average Bonchev–Trinajstić information content (AvgIpc) is 2.78. The Bertz CT molecular complexity index is 564.